The van der Waals surface area contributed by atoms with Crippen molar-refractivity contribution >= 4 is 17.9 Å². The van der Waals surface area contributed by atoms with Gasteiger partial charge < -0.3 is 14.2 Å². The Balaban J connectivity index is 1.88. The number of carbonyl (C=O) groups is 3. The minimum Gasteiger partial charge on any atom is -0.438 e. The lowest BCUT2D eigenvalue weighted by Crippen LogP contribution is -2.42. The maximum absolute atomic E-state index is 11.9. The molecule has 2 aliphatic heterocycles. The van der Waals surface area contributed by atoms with Gasteiger partial charge in [-0.3, -0.25) is 14.4 Å². The Bertz CT molecular complexity index is 417. The number of esters is 3. The van der Waals surface area contributed by atoms with Gasteiger partial charge in [-0.15, -0.1) is 0 Å². The van der Waals surface area contributed by atoms with E-state index in [1.165, 1.54) is 0 Å². The number of hydrogen-bond donors (Lipinski definition) is 0. The lowest BCUT2D eigenvalue weighted by Gasteiger charge is -2.39. The molecule has 0 N–H and O–H groups in total. The van der Waals surface area contributed by atoms with E-state index in [2.05, 4.69) is 4.74 Å². The van der Waals surface area contributed by atoms with Gasteiger partial charge in [0, 0.05) is 0 Å². The molecule has 3 rings (SSSR count). The van der Waals surface area contributed by atoms with E-state index >= 15 is 0 Å². The summed E-state index contributed by atoms with van der Waals surface area (Å²) in [6, 6.07) is 0. The second-order valence-electron chi connectivity index (χ2n) is 5.38. The first-order chi connectivity index (χ1) is 8.59. The van der Waals surface area contributed by atoms with Crippen LogP contribution in [0.1, 0.15) is 25.7 Å². The molecule has 3 unspecified atom stereocenters. The molecule has 2 saturated heterocycles. The fourth-order valence-corrected chi connectivity index (χ4v) is 3.32. The number of fused-ring (bicyclic) bond motifs is 2. The van der Waals surface area contributed by atoms with E-state index in [9.17, 15) is 14.4 Å². The predicted octanol–water partition coefficient (Wildman–Crippen LogP) is 0.393. The Hall–Kier alpha value is -1.43. The van der Waals surface area contributed by atoms with Gasteiger partial charge in [0.1, 0.15) is 0 Å². The number of rotatable bonds is 0. The Morgan fingerprint density at radius 3 is 2.72 bits per heavy atom. The van der Waals surface area contributed by atoms with Crippen molar-refractivity contribution in [2.24, 2.45) is 17.3 Å². The van der Waals surface area contributed by atoms with Crippen molar-refractivity contribution in [1.82, 2.24) is 0 Å². The standard InChI is InChI=1S/C12H14O6/c13-9-4-12(11(15)18-9)2-7-1-8(3-12)10(14)17-6-16-5-7/h7-8H,1-6H2. The monoisotopic (exact) mass is 254 g/mol. The van der Waals surface area contributed by atoms with Crippen molar-refractivity contribution < 1.29 is 28.6 Å². The van der Waals surface area contributed by atoms with Crippen LogP contribution in [0.25, 0.3) is 0 Å². The first-order valence-electron chi connectivity index (χ1n) is 6.08. The van der Waals surface area contributed by atoms with Crippen LogP contribution in [0.3, 0.4) is 0 Å². The van der Waals surface area contributed by atoms with Crippen LogP contribution in [0.4, 0.5) is 0 Å². The highest BCUT2D eigenvalue weighted by atomic mass is 16.7. The first-order valence-corrected chi connectivity index (χ1v) is 6.08. The topological polar surface area (TPSA) is 78.9 Å². The predicted molar refractivity (Wildman–Crippen MR) is 55.9 cm³/mol. The molecule has 0 aromatic rings. The van der Waals surface area contributed by atoms with E-state index in [0.29, 0.717) is 25.9 Å². The SMILES string of the molecule is O=C1CC2(CC3COCOC(=O)C(C3)C2)C(=O)O1. The number of ether oxygens (including phenoxy) is 3. The van der Waals surface area contributed by atoms with E-state index in [-0.39, 0.29) is 31.0 Å². The molecule has 0 amide bonds. The van der Waals surface area contributed by atoms with E-state index in [4.69, 9.17) is 9.47 Å². The van der Waals surface area contributed by atoms with Gasteiger partial charge in [-0.2, -0.15) is 0 Å². The van der Waals surface area contributed by atoms with Crippen molar-refractivity contribution in [2.75, 3.05) is 13.4 Å². The Morgan fingerprint density at radius 1 is 1.17 bits per heavy atom. The zero-order chi connectivity index (χ0) is 12.8. The molecular formula is C12H14O6. The molecule has 1 saturated carbocycles. The van der Waals surface area contributed by atoms with E-state index < -0.39 is 17.4 Å². The quantitative estimate of drug-likeness (QED) is 0.459. The van der Waals surface area contributed by atoms with Gasteiger partial charge in [0.05, 0.1) is 24.4 Å². The summed E-state index contributed by atoms with van der Waals surface area (Å²) in [5.74, 6) is -1.55. The van der Waals surface area contributed by atoms with Gasteiger partial charge in [0.2, 0.25) is 0 Å². The third kappa shape index (κ3) is 1.80. The molecule has 1 spiro atoms. The second-order valence-corrected chi connectivity index (χ2v) is 5.38. The van der Waals surface area contributed by atoms with Crippen molar-refractivity contribution in [3.05, 3.63) is 0 Å². The molecule has 0 radical (unpaired) electrons. The molecule has 2 heterocycles. The minimum absolute atomic E-state index is 0.0256. The van der Waals surface area contributed by atoms with Gasteiger partial charge in [-0.05, 0) is 25.2 Å². The molecule has 0 aromatic carbocycles. The fourth-order valence-electron chi connectivity index (χ4n) is 3.32. The highest BCUT2D eigenvalue weighted by Crippen LogP contribution is 2.49. The van der Waals surface area contributed by atoms with Gasteiger partial charge in [0.25, 0.3) is 0 Å². The normalized spacial score (nSPS) is 40.1. The largest absolute Gasteiger partial charge is 0.438 e. The zero-order valence-electron chi connectivity index (χ0n) is 9.85. The molecule has 0 aromatic heterocycles. The van der Waals surface area contributed by atoms with Gasteiger partial charge >= 0.3 is 17.9 Å². The Labute approximate surface area is 104 Å². The Morgan fingerprint density at radius 2 is 2.00 bits per heavy atom. The molecular weight excluding hydrogens is 240 g/mol. The van der Waals surface area contributed by atoms with Crippen molar-refractivity contribution in [3.8, 4) is 0 Å². The van der Waals surface area contributed by atoms with Crippen LogP contribution in [0, 0.1) is 17.3 Å². The van der Waals surface area contributed by atoms with E-state index in [1.54, 1.807) is 0 Å². The van der Waals surface area contributed by atoms with Crippen LogP contribution in [-0.4, -0.2) is 31.3 Å². The summed E-state index contributed by atoms with van der Waals surface area (Å²) in [4.78, 5) is 34.9. The highest BCUT2D eigenvalue weighted by molar-refractivity contribution is 5.97. The van der Waals surface area contributed by atoms with Gasteiger partial charge in [-0.1, -0.05) is 0 Å². The van der Waals surface area contributed by atoms with Crippen LogP contribution in [-0.2, 0) is 28.6 Å². The number of cyclic esters (lactones) is 3. The summed E-state index contributed by atoms with van der Waals surface area (Å²) in [5, 5.41) is 0. The molecule has 18 heavy (non-hydrogen) atoms. The summed E-state index contributed by atoms with van der Waals surface area (Å²) >= 11 is 0. The molecule has 3 atom stereocenters. The summed E-state index contributed by atoms with van der Waals surface area (Å²) in [6.07, 6.45) is 1.64. The lowest BCUT2D eigenvalue weighted by atomic mass is 9.64. The Kier molecular flexibility index (Phi) is 2.62. The summed E-state index contributed by atoms with van der Waals surface area (Å²) in [6.45, 7) is 0.426. The average molecular weight is 254 g/mol. The van der Waals surface area contributed by atoms with E-state index in [0.717, 1.165) is 0 Å². The van der Waals surface area contributed by atoms with Gasteiger partial charge in [0.15, 0.2) is 6.79 Å². The van der Waals surface area contributed by atoms with Crippen LogP contribution in [0.5, 0.6) is 0 Å². The third-order valence-electron chi connectivity index (χ3n) is 4.03. The lowest BCUT2D eigenvalue weighted by molar-refractivity contribution is -0.176. The van der Waals surface area contributed by atoms with Gasteiger partial charge in [-0.25, -0.2) is 0 Å². The number of hydrogen-bond acceptors (Lipinski definition) is 6. The maximum Gasteiger partial charge on any atom is 0.320 e. The molecule has 98 valence electrons. The third-order valence-corrected chi connectivity index (χ3v) is 4.03. The summed E-state index contributed by atoms with van der Waals surface area (Å²) < 4.78 is 14.8. The van der Waals surface area contributed by atoms with Crippen LogP contribution < -0.4 is 0 Å². The molecule has 1 aliphatic carbocycles. The first kappa shape index (κ1) is 11.6. The smallest absolute Gasteiger partial charge is 0.320 e. The fraction of sp³-hybridized carbons (Fsp3) is 0.750. The molecule has 3 aliphatic rings. The van der Waals surface area contributed by atoms with E-state index in [1.807, 2.05) is 0 Å². The molecule has 3 fully saturated rings. The number of carbonyl (C=O) groups excluding carboxylic acids is 3. The second kappa shape index (κ2) is 4.05. The van der Waals surface area contributed by atoms with Crippen molar-refractivity contribution in [1.29, 1.82) is 0 Å². The van der Waals surface area contributed by atoms with Crippen LogP contribution >= 0.6 is 0 Å². The average Bonchev–Trinajstić information content (AvgIpc) is 2.57. The molecule has 6 nitrogen and oxygen atoms in total. The minimum atomic E-state index is -0.829. The van der Waals surface area contributed by atoms with Crippen molar-refractivity contribution in [2.45, 2.75) is 25.7 Å². The van der Waals surface area contributed by atoms with Crippen LogP contribution in [0.2, 0.25) is 0 Å². The maximum atomic E-state index is 11.9. The van der Waals surface area contributed by atoms with Crippen LogP contribution in [0.15, 0.2) is 0 Å². The molecule has 6 heteroatoms. The highest BCUT2D eigenvalue weighted by Gasteiger charge is 2.55. The molecule has 2 bridgehead atoms. The summed E-state index contributed by atoms with van der Waals surface area (Å²) in [7, 11) is 0. The van der Waals surface area contributed by atoms with Crippen molar-refractivity contribution in [3.63, 3.8) is 0 Å². The zero-order valence-corrected chi connectivity index (χ0v) is 9.85. The summed E-state index contributed by atoms with van der Waals surface area (Å²) in [5.41, 5.74) is -0.829.